The van der Waals surface area contributed by atoms with E-state index < -0.39 is 0 Å². The Kier molecular flexibility index (Phi) is 4.26. The molecule has 3 nitrogen and oxygen atoms in total. The molecule has 3 heteroatoms. The maximum Gasteiger partial charge on any atom is 0.330 e. The first-order chi connectivity index (χ1) is 3.81. The molecule has 0 aliphatic heterocycles. The van der Waals surface area contributed by atoms with Gasteiger partial charge in [0.2, 0.25) is 0 Å². The lowest BCUT2D eigenvalue weighted by Gasteiger charge is -2.03. The minimum absolute atomic E-state index is 0.000185. The van der Waals surface area contributed by atoms with Gasteiger partial charge in [-0.3, -0.25) is 4.79 Å². The van der Waals surface area contributed by atoms with E-state index in [2.05, 4.69) is 9.78 Å². The average Bonchev–Trinajstić information content (AvgIpc) is 1.83. The lowest BCUT2D eigenvalue weighted by molar-refractivity contribution is -0.282. The highest BCUT2D eigenvalue weighted by molar-refractivity contribution is 5.35. The van der Waals surface area contributed by atoms with Crippen molar-refractivity contribution in [2.45, 2.75) is 26.4 Å². The molecule has 8 heavy (non-hydrogen) atoms. The average molecular weight is 118 g/mol. The summed E-state index contributed by atoms with van der Waals surface area (Å²) in [5.41, 5.74) is 0. The molecule has 0 aliphatic carbocycles. The van der Waals surface area contributed by atoms with Crippen LogP contribution in [0.2, 0.25) is 0 Å². The van der Waals surface area contributed by atoms with Gasteiger partial charge < -0.3 is 4.89 Å². The van der Waals surface area contributed by atoms with Crippen LogP contribution >= 0.6 is 0 Å². The zero-order chi connectivity index (χ0) is 6.41. The lowest BCUT2D eigenvalue weighted by Crippen LogP contribution is -2.05. The predicted molar refractivity (Wildman–Crippen MR) is 28.0 cm³/mol. The number of carbonyl (C=O) groups excluding carboxylic acids is 1. The Balaban J connectivity index is 2.97. The molecule has 0 saturated carbocycles. The predicted octanol–water partition coefficient (Wildman–Crippen LogP) is 0.889. The number of hydrogen-bond acceptors (Lipinski definition) is 3. The summed E-state index contributed by atoms with van der Waals surface area (Å²) in [6.07, 6.45) is 0.841. The Morgan fingerprint density at radius 3 is 2.75 bits per heavy atom. The van der Waals surface area contributed by atoms with Crippen LogP contribution in [-0.4, -0.2) is 12.6 Å². The Hall–Kier alpha value is -0.570. The van der Waals surface area contributed by atoms with Gasteiger partial charge in [0, 0.05) is 0 Å². The van der Waals surface area contributed by atoms with E-state index in [9.17, 15) is 4.79 Å². The van der Waals surface area contributed by atoms with Crippen LogP contribution in [-0.2, 0) is 14.6 Å². The molecule has 0 heterocycles. The van der Waals surface area contributed by atoms with Crippen molar-refractivity contribution in [3.8, 4) is 0 Å². The highest BCUT2D eigenvalue weighted by atomic mass is 17.2. The summed E-state index contributed by atoms with van der Waals surface area (Å²) < 4.78 is 0. The van der Waals surface area contributed by atoms with E-state index in [1.54, 1.807) is 0 Å². The third-order valence-electron chi connectivity index (χ3n) is 0.834. The first-order valence-electron chi connectivity index (χ1n) is 2.57. The molecule has 1 unspecified atom stereocenters. The van der Waals surface area contributed by atoms with Gasteiger partial charge in [-0.05, 0) is 13.3 Å². The monoisotopic (exact) mass is 118 g/mol. The van der Waals surface area contributed by atoms with Crippen molar-refractivity contribution in [1.29, 1.82) is 0 Å². The summed E-state index contributed by atoms with van der Waals surface area (Å²) in [6.45, 7) is 4.04. The largest absolute Gasteiger partial charge is 0.330 e. The Morgan fingerprint density at radius 1 is 1.75 bits per heavy atom. The van der Waals surface area contributed by atoms with E-state index in [1.807, 2.05) is 13.8 Å². The number of rotatable bonds is 4. The molecule has 0 spiro atoms. The first kappa shape index (κ1) is 7.43. The second-order valence-corrected chi connectivity index (χ2v) is 1.51. The molecule has 0 radical (unpaired) electrons. The quantitative estimate of drug-likeness (QED) is 0.312. The minimum atomic E-state index is 0.000185. The Bertz CT molecular complexity index is 62.7. The summed E-state index contributed by atoms with van der Waals surface area (Å²) in [6, 6.07) is 0. The maximum absolute atomic E-state index is 9.48. The van der Waals surface area contributed by atoms with Gasteiger partial charge in [0.05, 0.1) is 0 Å². The third kappa shape index (κ3) is 3.61. The van der Waals surface area contributed by atoms with Gasteiger partial charge in [0.15, 0.2) is 0 Å². The van der Waals surface area contributed by atoms with Gasteiger partial charge in [-0.15, -0.1) is 0 Å². The smallest absolute Gasteiger partial charge is 0.302 e. The fourth-order valence-corrected chi connectivity index (χ4v) is 0.186. The van der Waals surface area contributed by atoms with Crippen LogP contribution in [0.5, 0.6) is 0 Å². The van der Waals surface area contributed by atoms with Gasteiger partial charge in [-0.2, -0.15) is 4.89 Å². The van der Waals surface area contributed by atoms with Crippen molar-refractivity contribution in [2.24, 2.45) is 0 Å². The molecule has 0 bridgehead atoms. The van der Waals surface area contributed by atoms with Crippen molar-refractivity contribution in [3.05, 3.63) is 0 Å². The second-order valence-electron chi connectivity index (χ2n) is 1.51. The van der Waals surface area contributed by atoms with E-state index in [0.717, 1.165) is 6.42 Å². The molecule has 48 valence electrons. The van der Waals surface area contributed by atoms with E-state index in [0.29, 0.717) is 0 Å². The summed E-state index contributed by atoms with van der Waals surface area (Å²) >= 11 is 0. The fraction of sp³-hybridized carbons (Fsp3) is 0.800. The molecular formula is C5H10O3. The van der Waals surface area contributed by atoms with Crippen LogP contribution in [0, 0.1) is 0 Å². The molecular weight excluding hydrogens is 108 g/mol. The highest BCUT2D eigenvalue weighted by Gasteiger charge is 1.96. The van der Waals surface area contributed by atoms with Gasteiger partial charge in [-0.1, -0.05) is 6.92 Å². The molecule has 0 aromatic rings. The maximum atomic E-state index is 9.48. The van der Waals surface area contributed by atoms with E-state index in [1.165, 1.54) is 0 Å². The Morgan fingerprint density at radius 2 is 2.38 bits per heavy atom. The Labute approximate surface area is 48.5 Å². The van der Waals surface area contributed by atoms with Crippen LogP contribution < -0.4 is 0 Å². The molecule has 0 aromatic carbocycles. The normalized spacial score (nSPS) is 12.8. The molecule has 1 atom stereocenters. The second kappa shape index (κ2) is 4.59. The van der Waals surface area contributed by atoms with E-state index >= 15 is 0 Å². The minimum Gasteiger partial charge on any atom is -0.302 e. The molecule has 0 N–H and O–H groups in total. The van der Waals surface area contributed by atoms with Crippen molar-refractivity contribution in [1.82, 2.24) is 0 Å². The SMILES string of the molecule is CCC(C)OOC=O. The van der Waals surface area contributed by atoms with Crippen molar-refractivity contribution >= 4 is 6.47 Å². The molecule has 0 fully saturated rings. The molecule has 0 amide bonds. The third-order valence-corrected chi connectivity index (χ3v) is 0.834. The molecule has 0 aromatic heterocycles. The van der Waals surface area contributed by atoms with Crippen LogP contribution in [0.25, 0.3) is 0 Å². The summed E-state index contributed by atoms with van der Waals surface area (Å²) in [7, 11) is 0. The van der Waals surface area contributed by atoms with E-state index in [4.69, 9.17) is 0 Å². The van der Waals surface area contributed by atoms with Gasteiger partial charge in [-0.25, -0.2) is 0 Å². The standard InChI is InChI=1S/C5H10O3/c1-3-5(2)8-7-4-6/h4-5H,3H2,1-2H3. The topological polar surface area (TPSA) is 35.5 Å². The van der Waals surface area contributed by atoms with E-state index in [-0.39, 0.29) is 12.6 Å². The molecule has 0 aliphatic rings. The van der Waals surface area contributed by atoms with Gasteiger partial charge >= 0.3 is 6.47 Å². The van der Waals surface area contributed by atoms with Crippen LogP contribution in [0.3, 0.4) is 0 Å². The van der Waals surface area contributed by atoms with Crippen LogP contribution in [0.4, 0.5) is 0 Å². The van der Waals surface area contributed by atoms with Gasteiger partial charge in [0.1, 0.15) is 6.10 Å². The summed E-state index contributed by atoms with van der Waals surface area (Å²) in [5, 5.41) is 0. The van der Waals surface area contributed by atoms with Gasteiger partial charge in [0.25, 0.3) is 0 Å². The first-order valence-corrected chi connectivity index (χ1v) is 2.57. The zero-order valence-corrected chi connectivity index (χ0v) is 5.09. The van der Waals surface area contributed by atoms with Crippen LogP contribution in [0.15, 0.2) is 0 Å². The number of hydrogen-bond donors (Lipinski definition) is 0. The zero-order valence-electron chi connectivity index (χ0n) is 5.09. The van der Waals surface area contributed by atoms with Crippen molar-refractivity contribution in [3.63, 3.8) is 0 Å². The van der Waals surface area contributed by atoms with Crippen molar-refractivity contribution in [2.75, 3.05) is 0 Å². The fourth-order valence-electron chi connectivity index (χ4n) is 0.186. The molecule has 0 rings (SSSR count). The number of carbonyl (C=O) groups is 1. The summed E-state index contributed by atoms with van der Waals surface area (Å²) in [5.74, 6) is 0. The van der Waals surface area contributed by atoms with Crippen LogP contribution in [0.1, 0.15) is 20.3 Å². The highest BCUT2D eigenvalue weighted by Crippen LogP contribution is 1.93. The summed E-state index contributed by atoms with van der Waals surface area (Å²) in [4.78, 5) is 18.0. The lowest BCUT2D eigenvalue weighted by atomic mass is 10.3. The molecule has 0 saturated heterocycles. The van der Waals surface area contributed by atoms with Crippen molar-refractivity contribution < 1.29 is 14.6 Å².